The van der Waals surface area contributed by atoms with Crippen LogP contribution in [0.25, 0.3) is 0 Å². The van der Waals surface area contributed by atoms with Gasteiger partial charge in [-0.05, 0) is 12.5 Å². The lowest BCUT2D eigenvalue weighted by atomic mass is 10.1. The molecule has 0 aliphatic carbocycles. The monoisotopic (exact) mass is 343 g/mol. The first-order valence-corrected chi connectivity index (χ1v) is 9.12. The molecule has 0 bridgehead atoms. The van der Waals surface area contributed by atoms with Crippen LogP contribution >= 0.6 is 0 Å². The number of methoxy groups -OCH3 is 1. The predicted octanol–water partition coefficient (Wildman–Crippen LogP) is 0.998. The van der Waals surface area contributed by atoms with Crippen LogP contribution in [0, 0.1) is 0 Å². The van der Waals surface area contributed by atoms with E-state index >= 15 is 0 Å². The number of carbonyl (C=O) groups is 1. The van der Waals surface area contributed by atoms with Gasteiger partial charge in [-0.3, -0.25) is 4.79 Å². The molecule has 1 atom stereocenters. The van der Waals surface area contributed by atoms with Crippen LogP contribution in [0.2, 0.25) is 0 Å². The van der Waals surface area contributed by atoms with Gasteiger partial charge in [-0.15, -0.1) is 0 Å². The molecule has 130 valence electrons. The molecule has 1 aromatic rings. The Kier molecular flexibility index (Phi) is 6.83. The molecule has 0 aliphatic rings. The summed E-state index contributed by atoms with van der Waals surface area (Å²) in [6.45, 7) is 3.78. The molecular formula is C15H25N3O4S. The third-order valence-corrected chi connectivity index (χ3v) is 5.35. The SMILES string of the molecule is CCC(N)CNC(=O)c1cc(S(=O)(=O)CC)c(NC)cc1OC. The topological polar surface area (TPSA) is 111 Å². The summed E-state index contributed by atoms with van der Waals surface area (Å²) in [5.41, 5.74) is 6.35. The molecule has 0 saturated heterocycles. The fourth-order valence-corrected chi connectivity index (χ4v) is 3.08. The van der Waals surface area contributed by atoms with Crippen molar-refractivity contribution in [1.29, 1.82) is 0 Å². The number of rotatable bonds is 8. The number of ether oxygens (including phenoxy) is 1. The van der Waals surface area contributed by atoms with Gasteiger partial charge < -0.3 is 21.1 Å². The zero-order chi connectivity index (χ0) is 17.6. The molecule has 7 nitrogen and oxygen atoms in total. The summed E-state index contributed by atoms with van der Waals surface area (Å²) in [5, 5.41) is 5.52. The van der Waals surface area contributed by atoms with Gasteiger partial charge in [-0.25, -0.2) is 8.42 Å². The fraction of sp³-hybridized carbons (Fsp3) is 0.533. The summed E-state index contributed by atoms with van der Waals surface area (Å²) in [5.74, 6) is -0.177. The number of amides is 1. The Hall–Kier alpha value is -1.80. The zero-order valence-electron chi connectivity index (χ0n) is 14.0. The minimum absolute atomic E-state index is 0.0597. The van der Waals surface area contributed by atoms with Crippen LogP contribution in [0.5, 0.6) is 5.75 Å². The molecular weight excluding hydrogens is 318 g/mol. The van der Waals surface area contributed by atoms with E-state index in [1.807, 2.05) is 6.92 Å². The van der Waals surface area contributed by atoms with E-state index in [0.717, 1.165) is 6.42 Å². The number of sulfone groups is 1. The summed E-state index contributed by atoms with van der Waals surface area (Å²) in [6, 6.07) is 2.70. The number of nitrogens with one attached hydrogen (secondary N) is 2. The lowest BCUT2D eigenvalue weighted by Gasteiger charge is -2.16. The van der Waals surface area contributed by atoms with Gasteiger partial charge >= 0.3 is 0 Å². The van der Waals surface area contributed by atoms with Crippen molar-refractivity contribution in [1.82, 2.24) is 5.32 Å². The van der Waals surface area contributed by atoms with Gasteiger partial charge in [0.25, 0.3) is 5.91 Å². The lowest BCUT2D eigenvalue weighted by molar-refractivity contribution is 0.0947. The maximum Gasteiger partial charge on any atom is 0.255 e. The van der Waals surface area contributed by atoms with E-state index in [1.165, 1.54) is 19.2 Å². The molecule has 1 aromatic carbocycles. The van der Waals surface area contributed by atoms with Gasteiger partial charge in [0.05, 0.1) is 29.0 Å². The van der Waals surface area contributed by atoms with Gasteiger partial charge in [-0.1, -0.05) is 13.8 Å². The molecule has 0 radical (unpaired) electrons. The van der Waals surface area contributed by atoms with Crippen molar-refractivity contribution in [2.75, 3.05) is 31.8 Å². The van der Waals surface area contributed by atoms with Crippen molar-refractivity contribution in [3.63, 3.8) is 0 Å². The molecule has 23 heavy (non-hydrogen) atoms. The molecule has 0 spiro atoms. The maximum atomic E-state index is 12.4. The molecule has 8 heteroatoms. The van der Waals surface area contributed by atoms with Crippen molar-refractivity contribution >= 4 is 21.4 Å². The molecule has 1 unspecified atom stereocenters. The van der Waals surface area contributed by atoms with Crippen LogP contribution in [-0.2, 0) is 9.84 Å². The Balaban J connectivity index is 3.30. The molecule has 0 aliphatic heterocycles. The summed E-state index contributed by atoms with van der Waals surface area (Å²) >= 11 is 0. The van der Waals surface area contributed by atoms with E-state index in [2.05, 4.69) is 10.6 Å². The first kappa shape index (κ1) is 19.2. The zero-order valence-corrected chi connectivity index (χ0v) is 14.8. The predicted molar refractivity (Wildman–Crippen MR) is 90.9 cm³/mol. The van der Waals surface area contributed by atoms with Gasteiger partial charge in [0.1, 0.15) is 5.75 Å². The Bertz CT molecular complexity index is 659. The van der Waals surface area contributed by atoms with E-state index in [-0.39, 0.29) is 22.3 Å². The van der Waals surface area contributed by atoms with Crippen LogP contribution in [0.3, 0.4) is 0 Å². The summed E-state index contributed by atoms with van der Waals surface area (Å²) in [4.78, 5) is 12.4. The Morgan fingerprint density at radius 1 is 1.35 bits per heavy atom. The average molecular weight is 343 g/mol. The van der Waals surface area contributed by atoms with Crippen molar-refractivity contribution < 1.29 is 17.9 Å². The summed E-state index contributed by atoms with van der Waals surface area (Å²) in [6.07, 6.45) is 0.728. The molecule has 0 fully saturated rings. The third-order valence-electron chi connectivity index (χ3n) is 3.58. The second-order valence-electron chi connectivity index (χ2n) is 5.08. The van der Waals surface area contributed by atoms with E-state index in [0.29, 0.717) is 18.0 Å². The third kappa shape index (κ3) is 4.59. The molecule has 4 N–H and O–H groups in total. The summed E-state index contributed by atoms with van der Waals surface area (Å²) < 4.78 is 29.7. The minimum Gasteiger partial charge on any atom is -0.496 e. The number of benzene rings is 1. The highest BCUT2D eigenvalue weighted by molar-refractivity contribution is 7.91. The van der Waals surface area contributed by atoms with E-state index in [4.69, 9.17) is 10.5 Å². The number of hydrogen-bond acceptors (Lipinski definition) is 6. The average Bonchev–Trinajstić information content (AvgIpc) is 2.57. The standard InChI is InChI=1S/C15H25N3O4S/c1-5-10(16)9-18-15(19)11-7-14(23(20,21)6-2)12(17-3)8-13(11)22-4/h7-8,10,17H,5-6,9,16H2,1-4H3,(H,18,19). The van der Waals surface area contributed by atoms with Crippen LogP contribution in [0.1, 0.15) is 30.6 Å². The first-order valence-electron chi connectivity index (χ1n) is 7.46. The van der Waals surface area contributed by atoms with Gasteiger partial charge in [0.15, 0.2) is 9.84 Å². The fourth-order valence-electron chi connectivity index (χ4n) is 1.98. The number of anilines is 1. The highest BCUT2D eigenvalue weighted by Crippen LogP contribution is 2.31. The molecule has 0 heterocycles. The van der Waals surface area contributed by atoms with Gasteiger partial charge in [-0.2, -0.15) is 0 Å². The highest BCUT2D eigenvalue weighted by atomic mass is 32.2. The normalized spacial score (nSPS) is 12.6. The summed E-state index contributed by atoms with van der Waals surface area (Å²) in [7, 11) is -0.438. The van der Waals surface area contributed by atoms with Crippen LogP contribution < -0.4 is 21.1 Å². The maximum absolute atomic E-state index is 12.4. The molecule has 0 saturated carbocycles. The first-order chi connectivity index (χ1) is 10.8. The quantitative estimate of drug-likeness (QED) is 0.649. The molecule has 0 aromatic heterocycles. The second-order valence-corrected chi connectivity index (χ2v) is 7.33. The number of nitrogens with two attached hydrogens (primary N) is 1. The van der Waals surface area contributed by atoms with Crippen molar-refractivity contribution in [2.45, 2.75) is 31.2 Å². The van der Waals surface area contributed by atoms with E-state index < -0.39 is 15.7 Å². The lowest BCUT2D eigenvalue weighted by Crippen LogP contribution is -2.36. The minimum atomic E-state index is -3.48. The molecule has 1 rings (SSSR count). The van der Waals surface area contributed by atoms with E-state index in [9.17, 15) is 13.2 Å². The van der Waals surface area contributed by atoms with Crippen LogP contribution in [0.15, 0.2) is 17.0 Å². The largest absolute Gasteiger partial charge is 0.496 e. The Morgan fingerprint density at radius 3 is 2.48 bits per heavy atom. The van der Waals surface area contributed by atoms with Crippen molar-refractivity contribution in [2.24, 2.45) is 5.73 Å². The molecule has 1 amide bonds. The van der Waals surface area contributed by atoms with Crippen LogP contribution in [0.4, 0.5) is 5.69 Å². The Labute approximate surface area is 137 Å². The van der Waals surface area contributed by atoms with Crippen LogP contribution in [-0.4, -0.2) is 46.8 Å². The van der Waals surface area contributed by atoms with Gasteiger partial charge in [0.2, 0.25) is 0 Å². The van der Waals surface area contributed by atoms with E-state index in [1.54, 1.807) is 14.0 Å². The number of hydrogen-bond donors (Lipinski definition) is 3. The Morgan fingerprint density at radius 2 is 2.00 bits per heavy atom. The smallest absolute Gasteiger partial charge is 0.255 e. The van der Waals surface area contributed by atoms with Crippen molar-refractivity contribution in [3.05, 3.63) is 17.7 Å². The van der Waals surface area contributed by atoms with Crippen molar-refractivity contribution in [3.8, 4) is 5.75 Å². The second kappa shape index (κ2) is 8.16. The van der Waals surface area contributed by atoms with Gasteiger partial charge in [0, 0.05) is 25.7 Å². The number of carbonyl (C=O) groups excluding carboxylic acids is 1. The highest BCUT2D eigenvalue weighted by Gasteiger charge is 2.22.